The molecule has 1 aromatic heterocycles. The van der Waals surface area contributed by atoms with Gasteiger partial charge in [-0.1, -0.05) is 38.3 Å². The van der Waals surface area contributed by atoms with Crippen LogP contribution in [0.2, 0.25) is 0 Å². The fourth-order valence-electron chi connectivity index (χ4n) is 3.68. The molecule has 0 spiro atoms. The number of hydrogen-bond acceptors (Lipinski definition) is 2. The van der Waals surface area contributed by atoms with E-state index in [1.807, 2.05) is 6.92 Å². The van der Waals surface area contributed by atoms with E-state index in [4.69, 9.17) is 0 Å². The van der Waals surface area contributed by atoms with Gasteiger partial charge in [0.05, 0.1) is 23.7 Å². The summed E-state index contributed by atoms with van der Waals surface area (Å²) in [6.07, 6.45) is -3.08. The van der Waals surface area contributed by atoms with E-state index in [-0.39, 0.29) is 34.8 Å². The lowest BCUT2D eigenvalue weighted by Crippen LogP contribution is -2.33. The number of nitrogens with one attached hydrogen (secondary N) is 1. The molecular formula is C25H25F6N3O. The average Bonchev–Trinajstić information content (AvgIpc) is 3.28. The predicted octanol–water partition coefficient (Wildman–Crippen LogP) is 7.28. The van der Waals surface area contributed by atoms with Crippen LogP contribution in [0.1, 0.15) is 61.1 Å². The molecule has 35 heavy (non-hydrogen) atoms. The Morgan fingerprint density at radius 1 is 0.943 bits per heavy atom. The summed E-state index contributed by atoms with van der Waals surface area (Å²) in [5.41, 5.74) is -2.07. The van der Waals surface area contributed by atoms with E-state index in [2.05, 4.69) is 17.2 Å². The molecular weight excluding hydrogens is 472 g/mol. The molecule has 1 unspecified atom stereocenters. The lowest BCUT2D eigenvalue weighted by atomic mass is 9.99. The number of alkyl halides is 6. The van der Waals surface area contributed by atoms with Gasteiger partial charge in [-0.15, -0.1) is 0 Å². The van der Waals surface area contributed by atoms with Gasteiger partial charge < -0.3 is 5.32 Å². The SMILES string of the molecule is CCCCCC(C)NC(=O)c1cncn1-c1ccc(-c2cc(C(F)(F)F)cc(C(F)(F)F)c2)cc1. The van der Waals surface area contributed by atoms with Crippen LogP contribution in [-0.4, -0.2) is 21.5 Å². The monoisotopic (exact) mass is 497 g/mol. The summed E-state index contributed by atoms with van der Waals surface area (Å²) in [6.45, 7) is 4.00. The van der Waals surface area contributed by atoms with Gasteiger partial charge in [-0.05, 0) is 54.8 Å². The summed E-state index contributed by atoms with van der Waals surface area (Å²) >= 11 is 0. The second-order valence-electron chi connectivity index (χ2n) is 8.36. The molecule has 0 saturated heterocycles. The topological polar surface area (TPSA) is 46.9 Å². The smallest absolute Gasteiger partial charge is 0.348 e. The number of carbonyl (C=O) groups excluding carboxylic acids is 1. The predicted molar refractivity (Wildman–Crippen MR) is 120 cm³/mol. The van der Waals surface area contributed by atoms with Crippen molar-refractivity contribution in [1.29, 1.82) is 0 Å². The molecule has 0 saturated carbocycles. The number of carbonyl (C=O) groups is 1. The normalized spacial score (nSPS) is 13.0. The van der Waals surface area contributed by atoms with Crippen LogP contribution in [0.25, 0.3) is 16.8 Å². The molecule has 1 N–H and O–H groups in total. The summed E-state index contributed by atoms with van der Waals surface area (Å²) in [4.78, 5) is 16.7. The molecule has 188 valence electrons. The van der Waals surface area contributed by atoms with Gasteiger partial charge in [-0.25, -0.2) is 4.98 Å². The minimum Gasteiger partial charge on any atom is -0.348 e. The number of aromatic nitrogens is 2. The number of unbranched alkanes of at least 4 members (excludes halogenated alkanes) is 2. The van der Waals surface area contributed by atoms with Gasteiger partial charge in [-0.3, -0.25) is 9.36 Å². The van der Waals surface area contributed by atoms with E-state index in [1.54, 1.807) is 0 Å². The number of halogens is 6. The van der Waals surface area contributed by atoms with Crippen LogP contribution in [0.3, 0.4) is 0 Å². The first-order valence-corrected chi connectivity index (χ1v) is 11.1. The van der Waals surface area contributed by atoms with E-state index in [1.165, 1.54) is 41.4 Å². The van der Waals surface area contributed by atoms with Crippen molar-refractivity contribution in [1.82, 2.24) is 14.9 Å². The fourth-order valence-corrected chi connectivity index (χ4v) is 3.68. The van der Waals surface area contributed by atoms with Crippen molar-refractivity contribution in [3.63, 3.8) is 0 Å². The number of hydrogen-bond donors (Lipinski definition) is 1. The average molecular weight is 497 g/mol. The Morgan fingerprint density at radius 3 is 2.09 bits per heavy atom. The Hall–Kier alpha value is -3.30. The van der Waals surface area contributed by atoms with Crippen molar-refractivity contribution in [2.24, 2.45) is 0 Å². The largest absolute Gasteiger partial charge is 0.416 e. The van der Waals surface area contributed by atoms with Crippen LogP contribution >= 0.6 is 0 Å². The van der Waals surface area contributed by atoms with Crippen molar-refractivity contribution in [2.75, 3.05) is 0 Å². The highest BCUT2D eigenvalue weighted by Gasteiger charge is 2.37. The maximum absolute atomic E-state index is 13.2. The Morgan fingerprint density at radius 2 is 1.54 bits per heavy atom. The first kappa shape index (κ1) is 26.3. The molecule has 0 aliphatic heterocycles. The third kappa shape index (κ3) is 6.64. The number of benzene rings is 2. The summed E-state index contributed by atoms with van der Waals surface area (Å²) < 4.78 is 80.6. The third-order valence-corrected chi connectivity index (χ3v) is 5.56. The molecule has 3 aromatic rings. The molecule has 1 amide bonds. The van der Waals surface area contributed by atoms with Crippen LogP contribution in [0.5, 0.6) is 0 Å². The van der Waals surface area contributed by atoms with Gasteiger partial charge in [0.15, 0.2) is 0 Å². The number of nitrogens with zero attached hydrogens (tertiary/aromatic N) is 2. The maximum atomic E-state index is 13.2. The van der Waals surface area contributed by atoms with E-state index in [9.17, 15) is 31.1 Å². The van der Waals surface area contributed by atoms with Crippen LogP contribution in [0.15, 0.2) is 55.0 Å². The van der Waals surface area contributed by atoms with Crippen LogP contribution < -0.4 is 5.32 Å². The van der Waals surface area contributed by atoms with Crippen molar-refractivity contribution in [2.45, 2.75) is 57.9 Å². The Kier molecular flexibility index (Phi) is 7.92. The fraction of sp³-hybridized carbons (Fsp3) is 0.360. The molecule has 0 radical (unpaired) electrons. The summed E-state index contributed by atoms with van der Waals surface area (Å²) in [5, 5.41) is 2.92. The standard InChI is InChI=1S/C25H25F6N3O/c1-3-4-5-6-16(2)33-23(35)22-14-32-15-34(22)21-9-7-17(8-10-21)18-11-19(24(26,27)28)13-20(12-18)25(29,30)31/h7-16H,3-6H2,1-2H3,(H,33,35). The Labute approximate surface area is 199 Å². The van der Waals surface area contributed by atoms with Gasteiger partial charge in [0.1, 0.15) is 5.69 Å². The summed E-state index contributed by atoms with van der Waals surface area (Å²) in [5.74, 6) is -0.330. The molecule has 2 aromatic carbocycles. The molecule has 0 aliphatic rings. The summed E-state index contributed by atoms with van der Waals surface area (Å²) in [7, 11) is 0. The van der Waals surface area contributed by atoms with Crippen molar-refractivity contribution < 1.29 is 31.1 Å². The second-order valence-corrected chi connectivity index (χ2v) is 8.36. The minimum atomic E-state index is -4.93. The zero-order valence-electron chi connectivity index (χ0n) is 19.2. The van der Waals surface area contributed by atoms with E-state index < -0.39 is 23.5 Å². The van der Waals surface area contributed by atoms with E-state index in [0.717, 1.165) is 25.7 Å². The molecule has 1 heterocycles. The Balaban J connectivity index is 1.86. The molecule has 0 fully saturated rings. The van der Waals surface area contributed by atoms with Gasteiger partial charge in [0.2, 0.25) is 0 Å². The first-order chi connectivity index (χ1) is 16.4. The quantitative estimate of drug-likeness (QED) is 0.263. The van der Waals surface area contributed by atoms with Crippen LogP contribution in [0, 0.1) is 0 Å². The molecule has 0 aliphatic carbocycles. The second kappa shape index (κ2) is 10.5. The van der Waals surface area contributed by atoms with Crippen molar-refractivity contribution in [3.8, 4) is 16.8 Å². The van der Waals surface area contributed by atoms with E-state index in [0.29, 0.717) is 17.8 Å². The highest BCUT2D eigenvalue weighted by Crippen LogP contribution is 2.38. The van der Waals surface area contributed by atoms with Crippen LogP contribution in [0.4, 0.5) is 26.3 Å². The lowest BCUT2D eigenvalue weighted by molar-refractivity contribution is -0.143. The maximum Gasteiger partial charge on any atom is 0.416 e. The molecule has 3 rings (SSSR count). The van der Waals surface area contributed by atoms with Gasteiger partial charge in [-0.2, -0.15) is 26.3 Å². The molecule has 4 nitrogen and oxygen atoms in total. The summed E-state index contributed by atoms with van der Waals surface area (Å²) in [6, 6.07) is 7.24. The van der Waals surface area contributed by atoms with Crippen molar-refractivity contribution >= 4 is 5.91 Å². The molecule has 10 heteroatoms. The number of rotatable bonds is 8. The van der Waals surface area contributed by atoms with Gasteiger partial charge >= 0.3 is 12.4 Å². The van der Waals surface area contributed by atoms with Crippen molar-refractivity contribution in [3.05, 3.63) is 71.8 Å². The van der Waals surface area contributed by atoms with Gasteiger partial charge in [0, 0.05) is 11.7 Å². The first-order valence-electron chi connectivity index (χ1n) is 11.1. The van der Waals surface area contributed by atoms with E-state index >= 15 is 0 Å². The third-order valence-electron chi connectivity index (χ3n) is 5.56. The molecule has 1 atom stereocenters. The van der Waals surface area contributed by atoms with Crippen LogP contribution in [-0.2, 0) is 12.4 Å². The zero-order chi connectivity index (χ0) is 25.8. The highest BCUT2D eigenvalue weighted by molar-refractivity contribution is 5.93. The van der Waals surface area contributed by atoms with Gasteiger partial charge in [0.25, 0.3) is 5.91 Å². The highest BCUT2D eigenvalue weighted by atomic mass is 19.4. The zero-order valence-corrected chi connectivity index (χ0v) is 19.2. The Bertz CT molecular complexity index is 1120. The number of imidazole rings is 1. The lowest BCUT2D eigenvalue weighted by Gasteiger charge is -2.16. The minimum absolute atomic E-state index is 0.0384. The molecule has 0 bridgehead atoms. The number of amides is 1.